The molecular weight excluding hydrogens is 110 g/mol. The average molecular weight is 118 g/mol. The summed E-state index contributed by atoms with van der Waals surface area (Å²) in [7, 11) is 1.99. The molecule has 1 unspecified atom stereocenters. The van der Waals surface area contributed by atoms with Crippen LogP contribution < -0.4 is 0 Å². The molecule has 0 amide bonds. The summed E-state index contributed by atoms with van der Waals surface area (Å²) in [6, 6.07) is 1.14. The first-order valence-electron chi connectivity index (χ1n) is 1.89. The van der Waals surface area contributed by atoms with Crippen molar-refractivity contribution in [1.82, 2.24) is 0 Å². The maximum absolute atomic E-state index is 4.18. The summed E-state index contributed by atoms with van der Waals surface area (Å²) >= 11 is 4.18. The maximum Gasteiger partial charge on any atom is 0.108 e. The van der Waals surface area contributed by atoms with E-state index in [2.05, 4.69) is 26.7 Å². The van der Waals surface area contributed by atoms with E-state index in [9.17, 15) is 0 Å². The van der Waals surface area contributed by atoms with E-state index in [-0.39, 0.29) is 7.12 Å². The molecule has 6 heavy (non-hydrogen) atoms. The molecule has 0 saturated carbocycles. The SMILES string of the molecule is BCP(S)C=C. The van der Waals surface area contributed by atoms with Crippen LogP contribution in [0.5, 0.6) is 0 Å². The van der Waals surface area contributed by atoms with Gasteiger partial charge in [0, 0.05) is 0 Å². The molecule has 0 aliphatic rings. The van der Waals surface area contributed by atoms with E-state index in [1.54, 1.807) is 0 Å². The first kappa shape index (κ1) is 6.58. The summed E-state index contributed by atoms with van der Waals surface area (Å²) in [4.78, 5) is 0. The molecule has 3 heteroatoms. The Morgan fingerprint density at radius 1 is 2.00 bits per heavy atom. The fourth-order valence-corrected chi connectivity index (χ4v) is 0.387. The van der Waals surface area contributed by atoms with Crippen molar-refractivity contribution in [2.24, 2.45) is 0 Å². The molecule has 34 valence electrons. The van der Waals surface area contributed by atoms with Gasteiger partial charge in [-0.2, -0.15) is 0 Å². The van der Waals surface area contributed by atoms with Crippen LogP contribution in [0.1, 0.15) is 0 Å². The van der Waals surface area contributed by atoms with E-state index in [0.717, 1.165) is 6.06 Å². The van der Waals surface area contributed by atoms with Crippen molar-refractivity contribution in [2.45, 2.75) is 0 Å². The van der Waals surface area contributed by atoms with Gasteiger partial charge in [0.15, 0.2) is 0 Å². The van der Waals surface area contributed by atoms with Crippen molar-refractivity contribution < 1.29 is 0 Å². The Kier molecular flexibility index (Phi) is 4.13. The zero-order valence-electron chi connectivity index (χ0n) is 3.89. The lowest BCUT2D eigenvalue weighted by atomic mass is 10.2. The van der Waals surface area contributed by atoms with Crippen molar-refractivity contribution in [3.8, 4) is 0 Å². The van der Waals surface area contributed by atoms with Crippen LogP contribution in [0.25, 0.3) is 0 Å². The first-order valence-corrected chi connectivity index (χ1v) is 4.64. The fraction of sp³-hybridized carbons (Fsp3) is 0.333. The Morgan fingerprint density at radius 3 is 2.50 bits per heavy atom. The van der Waals surface area contributed by atoms with Gasteiger partial charge in [-0.3, -0.25) is 0 Å². The van der Waals surface area contributed by atoms with Gasteiger partial charge in [0.05, 0.1) is 0 Å². The number of thiol groups is 1. The van der Waals surface area contributed by atoms with Gasteiger partial charge >= 0.3 is 0 Å². The topological polar surface area (TPSA) is 0 Å². The molecule has 0 fully saturated rings. The second-order valence-electron chi connectivity index (χ2n) is 0.938. The number of hydrogen-bond acceptors (Lipinski definition) is 1. The smallest absolute Gasteiger partial charge is 0.108 e. The molecule has 0 saturated heterocycles. The maximum atomic E-state index is 4.18. The van der Waals surface area contributed by atoms with E-state index >= 15 is 0 Å². The first-order chi connectivity index (χ1) is 2.81. The molecule has 0 aliphatic carbocycles. The minimum atomic E-state index is -0.118. The Balaban J connectivity index is 2.96. The molecule has 0 aliphatic heterocycles. The van der Waals surface area contributed by atoms with Gasteiger partial charge in [-0.1, -0.05) is 12.4 Å². The summed E-state index contributed by atoms with van der Waals surface area (Å²) in [5.41, 5.74) is 0. The van der Waals surface area contributed by atoms with E-state index in [0.29, 0.717) is 0 Å². The molecule has 0 bridgehead atoms. The summed E-state index contributed by atoms with van der Waals surface area (Å²) in [5.74, 6) is 1.90. The van der Waals surface area contributed by atoms with Crippen LogP contribution >= 0.6 is 19.4 Å². The molecule has 0 nitrogen and oxygen atoms in total. The van der Waals surface area contributed by atoms with Crippen LogP contribution in [0.3, 0.4) is 0 Å². The van der Waals surface area contributed by atoms with Crippen LogP contribution in [0.4, 0.5) is 0 Å². The molecule has 0 aromatic rings. The van der Waals surface area contributed by atoms with Gasteiger partial charge in [-0.05, 0) is 13.2 Å². The van der Waals surface area contributed by atoms with Crippen molar-refractivity contribution in [1.29, 1.82) is 0 Å². The van der Waals surface area contributed by atoms with Crippen molar-refractivity contribution >= 4 is 27.2 Å². The van der Waals surface area contributed by atoms with Crippen molar-refractivity contribution in [3.05, 3.63) is 12.4 Å². The van der Waals surface area contributed by atoms with Crippen LogP contribution in [-0.2, 0) is 0 Å². The molecule has 0 spiro atoms. The third kappa shape index (κ3) is 2.80. The minimum Gasteiger partial charge on any atom is -0.148 e. The third-order valence-electron chi connectivity index (χ3n) is 0.535. The van der Waals surface area contributed by atoms with Crippen molar-refractivity contribution in [2.75, 3.05) is 6.06 Å². The molecule has 0 rings (SSSR count). The molecule has 1 atom stereocenters. The van der Waals surface area contributed by atoms with E-state index in [1.807, 2.05) is 5.82 Å². The average Bonchev–Trinajstić information content (AvgIpc) is 1.65. The van der Waals surface area contributed by atoms with Gasteiger partial charge in [-0.15, -0.1) is 12.2 Å². The predicted molar refractivity (Wildman–Crippen MR) is 39.5 cm³/mol. The van der Waals surface area contributed by atoms with Crippen molar-refractivity contribution in [3.63, 3.8) is 0 Å². The lowest BCUT2D eigenvalue weighted by Gasteiger charge is -1.93. The second-order valence-corrected chi connectivity index (χ2v) is 4.36. The molecular formula is C3H8BPS. The highest BCUT2D eigenvalue weighted by Gasteiger charge is 1.84. The summed E-state index contributed by atoms with van der Waals surface area (Å²) in [6.07, 6.45) is 0. The molecule has 0 aromatic heterocycles. The normalized spacial score (nSPS) is 13.5. The van der Waals surface area contributed by atoms with Gasteiger partial charge in [0.2, 0.25) is 0 Å². The van der Waals surface area contributed by atoms with Crippen LogP contribution in [0, 0.1) is 0 Å². The predicted octanol–water partition coefficient (Wildman–Crippen LogP) is 1.05. The van der Waals surface area contributed by atoms with Crippen LogP contribution in [-0.4, -0.2) is 13.9 Å². The summed E-state index contributed by atoms with van der Waals surface area (Å²) < 4.78 is 0. The third-order valence-corrected chi connectivity index (χ3v) is 2.94. The quantitative estimate of drug-likeness (QED) is 0.312. The highest BCUT2D eigenvalue weighted by molar-refractivity contribution is 8.46. The number of hydrogen-bond donors (Lipinski definition) is 1. The zero-order valence-corrected chi connectivity index (χ0v) is 5.67. The minimum absolute atomic E-state index is 0.118. The van der Waals surface area contributed by atoms with E-state index < -0.39 is 0 Å². The van der Waals surface area contributed by atoms with E-state index in [1.165, 1.54) is 0 Å². The number of rotatable bonds is 2. The van der Waals surface area contributed by atoms with Gasteiger partial charge in [0.25, 0.3) is 0 Å². The fourth-order valence-electron chi connectivity index (χ4n) is 0.129. The monoisotopic (exact) mass is 118 g/mol. The standard InChI is InChI=1S/C3H8BPS/c1-2-5(6)3-4/h2,6H,1,3-4H2. The van der Waals surface area contributed by atoms with E-state index in [4.69, 9.17) is 0 Å². The molecule has 0 heterocycles. The lowest BCUT2D eigenvalue weighted by molar-refractivity contribution is 2.19. The zero-order chi connectivity index (χ0) is 4.99. The van der Waals surface area contributed by atoms with Crippen LogP contribution in [0.15, 0.2) is 12.4 Å². The highest BCUT2D eigenvalue weighted by atomic mass is 32.7. The Labute approximate surface area is 46.3 Å². The van der Waals surface area contributed by atoms with Gasteiger partial charge < -0.3 is 0 Å². The molecule has 0 N–H and O–H groups in total. The summed E-state index contributed by atoms with van der Waals surface area (Å²) in [6.45, 7) is 3.58. The Morgan fingerprint density at radius 2 is 2.50 bits per heavy atom. The van der Waals surface area contributed by atoms with Gasteiger partial charge in [-0.25, -0.2) is 0 Å². The van der Waals surface area contributed by atoms with Crippen LogP contribution in [0.2, 0.25) is 0 Å². The van der Waals surface area contributed by atoms with Gasteiger partial charge in [0.1, 0.15) is 7.85 Å². The largest absolute Gasteiger partial charge is 0.148 e. The highest BCUT2D eigenvalue weighted by Crippen LogP contribution is 2.39. The molecule has 0 radical (unpaired) electrons. The Bertz CT molecular complexity index is 48.1. The molecule has 0 aromatic carbocycles. The Hall–Kier alpha value is 0.585. The lowest BCUT2D eigenvalue weighted by Crippen LogP contribution is -1.67. The second kappa shape index (κ2) is 3.76. The summed E-state index contributed by atoms with van der Waals surface area (Å²) in [5, 5.41) is 0.